The highest BCUT2D eigenvalue weighted by molar-refractivity contribution is 6.00. The molecule has 1 aromatic carbocycles. The Morgan fingerprint density at radius 1 is 1.27 bits per heavy atom. The minimum atomic E-state index is -0.508. The van der Waals surface area contributed by atoms with Crippen molar-refractivity contribution in [2.24, 2.45) is 0 Å². The molecule has 0 saturated heterocycles. The third-order valence-corrected chi connectivity index (χ3v) is 5.59. The zero-order valence-electron chi connectivity index (χ0n) is 18.5. The molecule has 7 heteroatoms. The van der Waals surface area contributed by atoms with Crippen LogP contribution in [0.4, 0.5) is 11.5 Å². The van der Waals surface area contributed by atoms with Crippen LogP contribution in [0.5, 0.6) is 0 Å². The first-order valence-corrected chi connectivity index (χ1v) is 10.9. The minimum Gasteiger partial charge on any atom is -0.372 e. The van der Waals surface area contributed by atoms with E-state index in [2.05, 4.69) is 53.4 Å². The van der Waals surface area contributed by atoms with E-state index in [9.17, 15) is 9.59 Å². The van der Waals surface area contributed by atoms with E-state index in [1.807, 2.05) is 24.6 Å². The third-order valence-electron chi connectivity index (χ3n) is 5.59. The average Bonchev–Trinajstić information content (AvgIpc) is 3.10. The summed E-state index contributed by atoms with van der Waals surface area (Å²) in [6, 6.07) is 9.85. The Labute approximate surface area is 179 Å². The predicted octanol–water partition coefficient (Wildman–Crippen LogP) is 3.05. The Morgan fingerprint density at radius 2 is 2.07 bits per heavy atom. The number of carbonyl (C=O) groups excluding carboxylic acids is 2. The van der Waals surface area contributed by atoms with Crippen LogP contribution < -0.4 is 15.1 Å². The molecule has 0 bridgehead atoms. The average molecular weight is 412 g/mol. The first kappa shape index (κ1) is 21.9. The number of nitrogens with one attached hydrogen (secondary N) is 1. The molecule has 1 aliphatic heterocycles. The van der Waals surface area contributed by atoms with Crippen molar-refractivity contribution in [3.8, 4) is 0 Å². The van der Waals surface area contributed by atoms with Crippen LogP contribution in [0, 0.1) is 13.8 Å². The second-order valence-corrected chi connectivity index (χ2v) is 7.87. The van der Waals surface area contributed by atoms with Crippen molar-refractivity contribution in [3.63, 3.8) is 0 Å². The van der Waals surface area contributed by atoms with E-state index < -0.39 is 6.04 Å². The first-order valence-electron chi connectivity index (χ1n) is 10.9. The van der Waals surface area contributed by atoms with Crippen LogP contribution in [0.2, 0.25) is 0 Å². The van der Waals surface area contributed by atoms with Crippen LogP contribution in [0.1, 0.15) is 44.4 Å². The summed E-state index contributed by atoms with van der Waals surface area (Å²) in [5, 5.41) is 7.48. The van der Waals surface area contributed by atoms with Gasteiger partial charge in [0.15, 0.2) is 0 Å². The number of fused-ring (bicyclic) bond motifs is 1. The lowest BCUT2D eigenvalue weighted by atomic mass is 10.1. The Balaban J connectivity index is 1.57. The minimum absolute atomic E-state index is 0.0130. The monoisotopic (exact) mass is 411 g/mol. The zero-order valence-corrected chi connectivity index (χ0v) is 18.5. The lowest BCUT2D eigenvalue weighted by molar-refractivity contribution is -0.127. The normalized spacial score (nSPS) is 14.4. The molecule has 30 heavy (non-hydrogen) atoms. The van der Waals surface area contributed by atoms with E-state index >= 15 is 0 Å². The van der Waals surface area contributed by atoms with Crippen molar-refractivity contribution in [3.05, 3.63) is 41.6 Å². The van der Waals surface area contributed by atoms with E-state index in [-0.39, 0.29) is 11.8 Å². The number of aromatic nitrogens is 2. The quantitative estimate of drug-likeness (QED) is 0.644. The lowest BCUT2D eigenvalue weighted by Crippen LogP contribution is -2.52. The maximum Gasteiger partial charge on any atom is 0.243 e. The highest BCUT2D eigenvalue weighted by atomic mass is 16.2. The van der Waals surface area contributed by atoms with Crippen LogP contribution in [-0.2, 0) is 16.1 Å². The van der Waals surface area contributed by atoms with E-state index in [0.29, 0.717) is 25.9 Å². The molecule has 7 nitrogen and oxygen atoms in total. The Bertz CT molecular complexity index is 891. The van der Waals surface area contributed by atoms with Crippen LogP contribution >= 0.6 is 0 Å². The second-order valence-electron chi connectivity index (χ2n) is 7.87. The third kappa shape index (κ3) is 4.83. The molecule has 2 aromatic rings. The highest BCUT2D eigenvalue weighted by Gasteiger charge is 2.34. The molecule has 0 saturated carbocycles. The van der Waals surface area contributed by atoms with Crippen molar-refractivity contribution in [1.29, 1.82) is 0 Å². The van der Waals surface area contributed by atoms with Gasteiger partial charge < -0.3 is 10.2 Å². The summed E-state index contributed by atoms with van der Waals surface area (Å²) in [5.41, 5.74) is 3.30. The van der Waals surface area contributed by atoms with Crippen LogP contribution in [0.3, 0.4) is 0 Å². The van der Waals surface area contributed by atoms with Crippen LogP contribution in [-0.4, -0.2) is 47.3 Å². The molecule has 1 atom stereocenters. The molecule has 0 radical (unpaired) electrons. The number of aryl methyl sites for hydroxylation is 3. The summed E-state index contributed by atoms with van der Waals surface area (Å²) >= 11 is 0. The van der Waals surface area contributed by atoms with Crippen molar-refractivity contribution >= 4 is 23.3 Å². The highest BCUT2D eigenvalue weighted by Crippen LogP contribution is 2.26. The molecule has 0 aliphatic carbocycles. The molecule has 1 aliphatic rings. The second kappa shape index (κ2) is 9.78. The van der Waals surface area contributed by atoms with Gasteiger partial charge in [-0.2, -0.15) is 5.10 Å². The molecule has 2 amide bonds. The SMILES string of the molecule is CCC(C(=O)NCCCN(CC)c1cccc(C)c1)N1C(=O)CCn2nc(C)cc21. The Kier molecular flexibility index (Phi) is 7.13. The van der Waals surface area contributed by atoms with Gasteiger partial charge in [-0.3, -0.25) is 14.5 Å². The molecule has 2 heterocycles. The molecule has 1 unspecified atom stereocenters. The van der Waals surface area contributed by atoms with Gasteiger partial charge in [0.25, 0.3) is 0 Å². The van der Waals surface area contributed by atoms with E-state index in [1.54, 1.807) is 4.90 Å². The summed E-state index contributed by atoms with van der Waals surface area (Å²) in [6.45, 7) is 11.0. The molecule has 1 aromatic heterocycles. The molecule has 0 spiro atoms. The molecule has 0 fully saturated rings. The maximum absolute atomic E-state index is 12.9. The fraction of sp³-hybridized carbons (Fsp3) is 0.522. The van der Waals surface area contributed by atoms with Gasteiger partial charge in [0.2, 0.25) is 11.8 Å². The number of anilines is 2. The van der Waals surface area contributed by atoms with Crippen molar-refractivity contribution in [2.45, 2.75) is 59.5 Å². The fourth-order valence-corrected chi connectivity index (χ4v) is 4.05. The van der Waals surface area contributed by atoms with Gasteiger partial charge in [0, 0.05) is 37.8 Å². The summed E-state index contributed by atoms with van der Waals surface area (Å²) in [7, 11) is 0. The predicted molar refractivity (Wildman–Crippen MR) is 120 cm³/mol. The van der Waals surface area contributed by atoms with Gasteiger partial charge in [-0.15, -0.1) is 0 Å². The lowest BCUT2D eigenvalue weighted by Gasteiger charge is -2.33. The van der Waals surface area contributed by atoms with Gasteiger partial charge in [0.05, 0.1) is 12.2 Å². The Morgan fingerprint density at radius 3 is 2.77 bits per heavy atom. The largest absolute Gasteiger partial charge is 0.372 e. The topological polar surface area (TPSA) is 70.5 Å². The fourth-order valence-electron chi connectivity index (χ4n) is 4.05. The van der Waals surface area contributed by atoms with Crippen LogP contribution in [0.15, 0.2) is 30.3 Å². The van der Waals surface area contributed by atoms with Gasteiger partial charge in [-0.1, -0.05) is 19.1 Å². The van der Waals surface area contributed by atoms with Crippen LogP contribution in [0.25, 0.3) is 0 Å². The van der Waals surface area contributed by atoms with E-state index in [4.69, 9.17) is 0 Å². The number of nitrogens with zero attached hydrogens (tertiary/aromatic N) is 4. The summed E-state index contributed by atoms with van der Waals surface area (Å²) in [5.74, 6) is 0.611. The zero-order chi connectivity index (χ0) is 21.7. The van der Waals surface area contributed by atoms with Crippen molar-refractivity contribution in [1.82, 2.24) is 15.1 Å². The molecular formula is C23H33N5O2. The van der Waals surface area contributed by atoms with Gasteiger partial charge in [-0.25, -0.2) is 4.68 Å². The molecule has 1 N–H and O–H groups in total. The number of amides is 2. The summed E-state index contributed by atoms with van der Waals surface area (Å²) < 4.78 is 1.83. The van der Waals surface area contributed by atoms with Gasteiger partial charge in [0.1, 0.15) is 11.9 Å². The van der Waals surface area contributed by atoms with E-state index in [0.717, 1.165) is 31.0 Å². The molecule has 3 rings (SSSR count). The molecule has 162 valence electrons. The van der Waals surface area contributed by atoms with Gasteiger partial charge in [-0.05, 0) is 51.3 Å². The van der Waals surface area contributed by atoms with Crippen molar-refractivity contribution in [2.75, 3.05) is 29.4 Å². The van der Waals surface area contributed by atoms with E-state index in [1.165, 1.54) is 11.3 Å². The molecular weight excluding hydrogens is 378 g/mol. The number of hydrogen-bond donors (Lipinski definition) is 1. The first-order chi connectivity index (χ1) is 14.4. The standard InChI is InChI=1S/C23H33N5O2/c1-5-20(28-21-16-18(4)25-27(21)14-11-22(28)29)23(30)24-12-8-13-26(6-2)19-10-7-9-17(3)15-19/h7,9-10,15-16,20H,5-6,8,11-14H2,1-4H3,(H,24,30). The number of hydrogen-bond acceptors (Lipinski definition) is 4. The Hall–Kier alpha value is -2.83. The summed E-state index contributed by atoms with van der Waals surface area (Å²) in [4.78, 5) is 29.5. The smallest absolute Gasteiger partial charge is 0.243 e. The number of carbonyl (C=O) groups is 2. The number of benzene rings is 1. The van der Waals surface area contributed by atoms with Gasteiger partial charge >= 0.3 is 0 Å². The number of rotatable bonds is 9. The summed E-state index contributed by atoms with van der Waals surface area (Å²) in [6.07, 6.45) is 1.78. The van der Waals surface area contributed by atoms with Crippen molar-refractivity contribution < 1.29 is 9.59 Å². The maximum atomic E-state index is 12.9.